The molecule has 1 aliphatic rings. The summed E-state index contributed by atoms with van der Waals surface area (Å²) in [5, 5.41) is 8.80. The molecule has 1 fully saturated rings. The monoisotopic (exact) mass is 340 g/mol. The summed E-state index contributed by atoms with van der Waals surface area (Å²) in [6.07, 6.45) is 3.39. The van der Waals surface area contributed by atoms with Crippen LogP contribution < -0.4 is 9.47 Å². The fourth-order valence-electron chi connectivity index (χ4n) is 3.09. The molecule has 0 aromatic heterocycles. The van der Waals surface area contributed by atoms with Crippen LogP contribution in [0.5, 0.6) is 11.5 Å². The summed E-state index contributed by atoms with van der Waals surface area (Å²) in [5.74, 6) is 1.69. The zero-order valence-electron chi connectivity index (χ0n) is 14.6. The van der Waals surface area contributed by atoms with E-state index in [1.807, 2.05) is 42.5 Å². The van der Waals surface area contributed by atoms with E-state index in [9.17, 15) is 0 Å². The van der Waals surface area contributed by atoms with Crippen molar-refractivity contribution in [2.24, 2.45) is 0 Å². The first-order valence-electron chi connectivity index (χ1n) is 9.02. The third-order valence-electron chi connectivity index (χ3n) is 4.43. The van der Waals surface area contributed by atoms with E-state index in [0.717, 1.165) is 36.6 Å². The molecule has 25 heavy (non-hydrogen) atoms. The van der Waals surface area contributed by atoms with Crippen LogP contribution in [0.25, 0.3) is 0 Å². The van der Waals surface area contributed by atoms with E-state index in [1.165, 1.54) is 31.5 Å². The second kappa shape index (κ2) is 9.44. The van der Waals surface area contributed by atoms with Crippen molar-refractivity contribution < 1.29 is 14.6 Å². The van der Waals surface area contributed by atoms with Gasteiger partial charge in [0.25, 0.3) is 0 Å². The van der Waals surface area contributed by atoms with Crippen molar-refractivity contribution in [1.82, 2.24) is 4.90 Å². The molecule has 0 saturated carbocycles. The Bertz CT molecular complexity index is 636. The number of likely N-dealkylation sites (tertiary alicyclic amines) is 1. The fraction of sp³-hybridized carbons (Fsp3) is 0.429. The summed E-state index contributed by atoms with van der Waals surface area (Å²) in [7, 11) is 0. The van der Waals surface area contributed by atoms with Gasteiger partial charge in [-0.2, -0.15) is 0 Å². The smallest absolute Gasteiger partial charge is 0.123 e. The molecule has 1 radical (unpaired) electrons. The summed E-state index contributed by atoms with van der Waals surface area (Å²) >= 11 is 0. The minimum atomic E-state index is 0.0266. The Balaban J connectivity index is 1.56. The van der Waals surface area contributed by atoms with Crippen LogP contribution in [-0.4, -0.2) is 49.5 Å². The zero-order chi connectivity index (χ0) is 17.3. The van der Waals surface area contributed by atoms with Crippen LogP contribution in [0, 0.1) is 6.07 Å². The number of ether oxygens (including phenoxy) is 2. The molecule has 0 unspecified atom stereocenters. The van der Waals surface area contributed by atoms with Gasteiger partial charge < -0.3 is 14.6 Å². The summed E-state index contributed by atoms with van der Waals surface area (Å²) in [6, 6.07) is 17.2. The molecule has 2 aromatic carbocycles. The number of benzene rings is 2. The first kappa shape index (κ1) is 17.8. The number of nitrogens with zero attached hydrogens (tertiary/aromatic N) is 1. The van der Waals surface area contributed by atoms with Gasteiger partial charge in [-0.3, -0.25) is 4.90 Å². The van der Waals surface area contributed by atoms with Crippen LogP contribution in [0.3, 0.4) is 0 Å². The third kappa shape index (κ3) is 5.48. The molecule has 0 spiro atoms. The molecule has 2 aromatic rings. The third-order valence-corrected chi connectivity index (χ3v) is 4.43. The van der Waals surface area contributed by atoms with Gasteiger partial charge in [0.05, 0.1) is 6.61 Å². The number of rotatable bonds is 9. The van der Waals surface area contributed by atoms with Gasteiger partial charge in [0, 0.05) is 18.5 Å². The van der Waals surface area contributed by atoms with Crippen LogP contribution in [0.4, 0.5) is 0 Å². The average Bonchev–Trinajstić information content (AvgIpc) is 3.16. The molecule has 133 valence electrons. The van der Waals surface area contributed by atoms with E-state index in [-0.39, 0.29) is 6.61 Å². The standard InChI is InChI=1S/C21H26NO3/c23-14-16-24-20-9-7-18(8-10-20)17-19-5-1-2-6-21(19)25-15-13-22-11-3-4-12-22/h1-2,6-10,23H,3-4,11-17H2. The van der Waals surface area contributed by atoms with Gasteiger partial charge in [0.15, 0.2) is 0 Å². The van der Waals surface area contributed by atoms with E-state index >= 15 is 0 Å². The highest BCUT2D eigenvalue weighted by Gasteiger charge is 2.11. The average molecular weight is 340 g/mol. The second-order valence-corrected chi connectivity index (χ2v) is 6.30. The maximum atomic E-state index is 8.80. The summed E-state index contributed by atoms with van der Waals surface area (Å²) in [6.45, 7) is 4.45. The van der Waals surface area contributed by atoms with Crippen LogP contribution in [0.1, 0.15) is 24.0 Å². The van der Waals surface area contributed by atoms with E-state index in [4.69, 9.17) is 14.6 Å². The molecule has 3 rings (SSSR count). The van der Waals surface area contributed by atoms with Gasteiger partial charge in [0.2, 0.25) is 0 Å². The number of hydrogen-bond donors (Lipinski definition) is 1. The zero-order valence-corrected chi connectivity index (χ0v) is 14.6. The summed E-state index contributed by atoms with van der Waals surface area (Å²) in [4.78, 5) is 2.46. The highest BCUT2D eigenvalue weighted by Crippen LogP contribution is 2.22. The Hall–Kier alpha value is -2.04. The molecule has 4 heteroatoms. The molecule has 1 saturated heterocycles. The van der Waals surface area contributed by atoms with Gasteiger partial charge in [-0.15, -0.1) is 0 Å². The molecule has 0 amide bonds. The highest BCUT2D eigenvalue weighted by atomic mass is 16.5. The molecular formula is C21H26NO3. The summed E-state index contributed by atoms with van der Waals surface area (Å²) < 4.78 is 11.4. The van der Waals surface area contributed by atoms with Gasteiger partial charge >= 0.3 is 0 Å². The first-order chi connectivity index (χ1) is 12.3. The predicted molar refractivity (Wildman–Crippen MR) is 98.3 cm³/mol. The Labute approximate surface area is 150 Å². The van der Waals surface area contributed by atoms with E-state index in [0.29, 0.717) is 6.61 Å². The lowest BCUT2D eigenvalue weighted by Gasteiger charge is -2.16. The number of aliphatic hydroxyl groups is 1. The molecule has 1 heterocycles. The topological polar surface area (TPSA) is 41.9 Å². The van der Waals surface area contributed by atoms with Crippen molar-refractivity contribution in [3.8, 4) is 11.5 Å². The van der Waals surface area contributed by atoms with Gasteiger partial charge in [-0.25, -0.2) is 0 Å². The van der Waals surface area contributed by atoms with Crippen molar-refractivity contribution in [1.29, 1.82) is 0 Å². The lowest BCUT2D eigenvalue weighted by molar-refractivity contribution is 0.201. The predicted octanol–water partition coefficient (Wildman–Crippen LogP) is 2.92. The van der Waals surface area contributed by atoms with Crippen molar-refractivity contribution >= 4 is 0 Å². The molecule has 1 aliphatic heterocycles. The van der Waals surface area contributed by atoms with Crippen LogP contribution in [-0.2, 0) is 6.42 Å². The summed E-state index contributed by atoms with van der Waals surface area (Å²) in [5.41, 5.74) is 2.26. The van der Waals surface area contributed by atoms with Gasteiger partial charge in [-0.05, 0) is 55.8 Å². The highest BCUT2D eigenvalue weighted by molar-refractivity contribution is 5.38. The quantitative estimate of drug-likeness (QED) is 0.762. The molecule has 0 aliphatic carbocycles. The minimum Gasteiger partial charge on any atom is -0.492 e. The van der Waals surface area contributed by atoms with Crippen molar-refractivity contribution in [3.05, 3.63) is 59.7 Å². The van der Waals surface area contributed by atoms with Crippen LogP contribution >= 0.6 is 0 Å². The van der Waals surface area contributed by atoms with Gasteiger partial charge in [0.1, 0.15) is 24.7 Å². The number of aliphatic hydroxyl groups excluding tert-OH is 1. The lowest BCUT2D eigenvalue weighted by Crippen LogP contribution is -2.25. The maximum Gasteiger partial charge on any atom is 0.123 e. The van der Waals surface area contributed by atoms with Crippen molar-refractivity contribution in [3.63, 3.8) is 0 Å². The maximum absolute atomic E-state index is 8.80. The second-order valence-electron chi connectivity index (χ2n) is 6.30. The first-order valence-corrected chi connectivity index (χ1v) is 9.02. The van der Waals surface area contributed by atoms with Crippen molar-refractivity contribution in [2.45, 2.75) is 19.3 Å². The normalized spacial score (nSPS) is 14.6. The fourth-order valence-corrected chi connectivity index (χ4v) is 3.09. The molecule has 0 bridgehead atoms. The minimum absolute atomic E-state index is 0.0266. The van der Waals surface area contributed by atoms with E-state index in [1.54, 1.807) is 0 Å². The molecule has 0 atom stereocenters. The Morgan fingerprint density at radius 1 is 1.00 bits per heavy atom. The van der Waals surface area contributed by atoms with E-state index in [2.05, 4.69) is 11.0 Å². The Kier molecular flexibility index (Phi) is 6.71. The van der Waals surface area contributed by atoms with E-state index < -0.39 is 0 Å². The SMILES string of the molecule is OCCOc1ccc(Cc2[c]cccc2OCCN2CCCC2)cc1. The molecular weight excluding hydrogens is 314 g/mol. The number of hydrogen-bond acceptors (Lipinski definition) is 4. The van der Waals surface area contributed by atoms with Gasteiger partial charge in [-0.1, -0.05) is 24.3 Å². The lowest BCUT2D eigenvalue weighted by atomic mass is 10.0. The Morgan fingerprint density at radius 2 is 1.80 bits per heavy atom. The molecule has 1 N–H and O–H groups in total. The van der Waals surface area contributed by atoms with Crippen molar-refractivity contribution in [2.75, 3.05) is 39.5 Å². The largest absolute Gasteiger partial charge is 0.492 e. The molecule has 4 nitrogen and oxygen atoms in total. The Morgan fingerprint density at radius 3 is 2.56 bits per heavy atom. The van der Waals surface area contributed by atoms with Crippen LogP contribution in [0.2, 0.25) is 0 Å². The van der Waals surface area contributed by atoms with Crippen LogP contribution in [0.15, 0.2) is 42.5 Å².